The first-order chi connectivity index (χ1) is 8.70. The molecule has 98 valence electrons. The van der Waals surface area contributed by atoms with Crippen LogP contribution in [0.3, 0.4) is 0 Å². The Morgan fingerprint density at radius 1 is 0.833 bits per heavy atom. The van der Waals surface area contributed by atoms with Crippen LogP contribution in [0.2, 0.25) is 0 Å². The lowest BCUT2D eigenvalue weighted by molar-refractivity contribution is -0.139. The van der Waals surface area contributed by atoms with Gasteiger partial charge in [-0.15, -0.1) is 0 Å². The third-order valence-corrected chi connectivity index (χ3v) is 1.74. The maximum atomic E-state index is 11.0. The van der Waals surface area contributed by atoms with Crippen LogP contribution < -0.4 is 0 Å². The molecule has 0 aliphatic heterocycles. The topological polar surface area (TPSA) is 52.6 Å². The van der Waals surface area contributed by atoms with Crippen molar-refractivity contribution in [2.45, 2.75) is 39.5 Å². The van der Waals surface area contributed by atoms with Gasteiger partial charge in [0.05, 0.1) is 13.2 Å². The van der Waals surface area contributed by atoms with Gasteiger partial charge in [0, 0.05) is 24.7 Å². The Morgan fingerprint density at radius 2 is 1.22 bits per heavy atom. The maximum Gasteiger partial charge on any atom is 0.384 e. The lowest BCUT2D eigenvalue weighted by Gasteiger charge is -2.01. The number of unbranched alkanes of at least 4 members (excludes halogenated alkanes) is 1. The highest BCUT2D eigenvalue weighted by Crippen LogP contribution is 1.92. The second-order valence-corrected chi connectivity index (χ2v) is 3.29. The summed E-state index contributed by atoms with van der Waals surface area (Å²) in [6.45, 7) is 4.29. The standard InChI is InChI=1S/C14H18O4/c1-3-5-9-13(15)17-11-7-8-12-18-14(16)10-6-4-2/h3-4,7-8,11-12H2,1-2H3. The molecule has 0 atom stereocenters. The molecule has 0 bridgehead atoms. The van der Waals surface area contributed by atoms with Crippen LogP contribution in [0.25, 0.3) is 0 Å². The number of hydrogen-bond donors (Lipinski definition) is 0. The zero-order chi connectivity index (χ0) is 13.6. The van der Waals surface area contributed by atoms with E-state index in [-0.39, 0.29) is 13.2 Å². The van der Waals surface area contributed by atoms with Crippen LogP contribution in [0.1, 0.15) is 39.5 Å². The average molecular weight is 250 g/mol. The predicted molar refractivity (Wildman–Crippen MR) is 67.3 cm³/mol. The molecular formula is C14H18O4. The lowest BCUT2D eigenvalue weighted by atomic mass is 10.3. The van der Waals surface area contributed by atoms with Crippen molar-refractivity contribution < 1.29 is 19.1 Å². The van der Waals surface area contributed by atoms with Crippen LogP contribution in [-0.2, 0) is 19.1 Å². The number of carbonyl (C=O) groups excluding carboxylic acids is 2. The minimum Gasteiger partial charge on any atom is -0.456 e. The molecule has 0 amide bonds. The van der Waals surface area contributed by atoms with Crippen LogP contribution in [0.4, 0.5) is 0 Å². The molecule has 0 aliphatic rings. The molecule has 4 heteroatoms. The Balaban J connectivity index is 3.46. The Morgan fingerprint density at radius 3 is 1.56 bits per heavy atom. The summed E-state index contributed by atoms with van der Waals surface area (Å²) in [4.78, 5) is 21.9. The first-order valence-electron chi connectivity index (χ1n) is 6.02. The summed E-state index contributed by atoms with van der Waals surface area (Å²) in [7, 11) is 0. The van der Waals surface area contributed by atoms with E-state index in [1.807, 2.05) is 13.8 Å². The van der Waals surface area contributed by atoms with E-state index in [0.29, 0.717) is 25.7 Å². The van der Waals surface area contributed by atoms with Crippen molar-refractivity contribution in [1.82, 2.24) is 0 Å². The minimum absolute atomic E-state index is 0.287. The van der Waals surface area contributed by atoms with Crippen molar-refractivity contribution in [3.05, 3.63) is 0 Å². The Labute approximate surface area is 108 Å². The van der Waals surface area contributed by atoms with Gasteiger partial charge >= 0.3 is 11.9 Å². The lowest BCUT2D eigenvalue weighted by Crippen LogP contribution is -2.06. The van der Waals surface area contributed by atoms with Crippen molar-refractivity contribution in [1.29, 1.82) is 0 Å². The molecule has 18 heavy (non-hydrogen) atoms. The van der Waals surface area contributed by atoms with E-state index in [9.17, 15) is 9.59 Å². The molecule has 0 unspecified atom stereocenters. The van der Waals surface area contributed by atoms with Gasteiger partial charge in [-0.05, 0) is 12.8 Å². The highest BCUT2D eigenvalue weighted by atomic mass is 16.5. The fourth-order valence-electron chi connectivity index (χ4n) is 0.927. The number of ether oxygens (including phenoxy) is 2. The van der Waals surface area contributed by atoms with Gasteiger partial charge in [0.1, 0.15) is 0 Å². The summed E-state index contributed by atoms with van der Waals surface area (Å²) in [5.74, 6) is 8.93. The van der Waals surface area contributed by atoms with Gasteiger partial charge in [0.25, 0.3) is 0 Å². The van der Waals surface area contributed by atoms with Gasteiger partial charge in [-0.3, -0.25) is 0 Å². The second kappa shape index (κ2) is 11.5. The molecule has 0 aromatic rings. The molecule has 0 saturated heterocycles. The van der Waals surface area contributed by atoms with Crippen molar-refractivity contribution in [2.24, 2.45) is 0 Å². The van der Waals surface area contributed by atoms with Gasteiger partial charge in [-0.2, -0.15) is 0 Å². The summed E-state index contributed by atoms with van der Waals surface area (Å²) in [6.07, 6.45) is 2.52. The first-order valence-corrected chi connectivity index (χ1v) is 6.02. The predicted octanol–water partition coefficient (Wildman–Crippen LogP) is 1.68. The van der Waals surface area contributed by atoms with E-state index in [4.69, 9.17) is 9.47 Å². The van der Waals surface area contributed by atoms with E-state index >= 15 is 0 Å². The third-order valence-electron chi connectivity index (χ3n) is 1.74. The normalized spacial score (nSPS) is 8.33. The van der Waals surface area contributed by atoms with Gasteiger partial charge in [-0.1, -0.05) is 25.7 Å². The first kappa shape index (κ1) is 16.1. The zero-order valence-electron chi connectivity index (χ0n) is 10.9. The number of carbonyl (C=O) groups is 2. The molecule has 0 aromatic carbocycles. The largest absolute Gasteiger partial charge is 0.456 e. The molecule has 0 rings (SSSR count). The minimum atomic E-state index is -0.511. The van der Waals surface area contributed by atoms with E-state index in [2.05, 4.69) is 23.7 Å². The zero-order valence-corrected chi connectivity index (χ0v) is 10.9. The highest BCUT2D eigenvalue weighted by Gasteiger charge is 1.98. The molecule has 0 saturated carbocycles. The van der Waals surface area contributed by atoms with Crippen LogP contribution in [0.5, 0.6) is 0 Å². The summed E-state index contributed by atoms with van der Waals surface area (Å²) >= 11 is 0. The molecule has 0 aromatic heterocycles. The molecule has 0 aliphatic carbocycles. The molecule has 0 N–H and O–H groups in total. The molecule has 4 nitrogen and oxygen atoms in total. The fourth-order valence-corrected chi connectivity index (χ4v) is 0.927. The van der Waals surface area contributed by atoms with Crippen LogP contribution in [0, 0.1) is 23.7 Å². The number of esters is 2. The number of hydrogen-bond acceptors (Lipinski definition) is 4. The SMILES string of the molecule is CCC#CC(=O)OCCCCOC(=O)C#CCC. The molecule has 0 spiro atoms. The van der Waals surface area contributed by atoms with Crippen molar-refractivity contribution in [2.75, 3.05) is 13.2 Å². The summed E-state index contributed by atoms with van der Waals surface area (Å²) in [5, 5.41) is 0. The smallest absolute Gasteiger partial charge is 0.384 e. The molecule has 0 heterocycles. The second-order valence-electron chi connectivity index (χ2n) is 3.29. The van der Waals surface area contributed by atoms with Crippen LogP contribution >= 0.6 is 0 Å². The van der Waals surface area contributed by atoms with Crippen molar-refractivity contribution in [3.63, 3.8) is 0 Å². The maximum absolute atomic E-state index is 11.0. The van der Waals surface area contributed by atoms with Crippen molar-refractivity contribution >= 4 is 11.9 Å². The Kier molecular flexibility index (Phi) is 10.3. The van der Waals surface area contributed by atoms with E-state index in [1.165, 1.54) is 0 Å². The quantitative estimate of drug-likeness (QED) is 0.322. The average Bonchev–Trinajstić information content (AvgIpc) is 2.37. The van der Waals surface area contributed by atoms with Crippen molar-refractivity contribution in [3.8, 4) is 23.7 Å². The van der Waals surface area contributed by atoms with Gasteiger partial charge in [0.2, 0.25) is 0 Å². The summed E-state index contributed by atoms with van der Waals surface area (Å²) < 4.78 is 9.67. The summed E-state index contributed by atoms with van der Waals surface area (Å²) in [6, 6.07) is 0. The molecule has 0 radical (unpaired) electrons. The summed E-state index contributed by atoms with van der Waals surface area (Å²) in [5.41, 5.74) is 0. The Bertz CT molecular complexity index is 338. The van der Waals surface area contributed by atoms with E-state index in [0.717, 1.165) is 0 Å². The monoisotopic (exact) mass is 250 g/mol. The fraction of sp³-hybridized carbons (Fsp3) is 0.571. The molecular weight excluding hydrogens is 232 g/mol. The van der Waals surface area contributed by atoms with Crippen LogP contribution in [-0.4, -0.2) is 25.2 Å². The Hall–Kier alpha value is -1.94. The van der Waals surface area contributed by atoms with E-state index < -0.39 is 11.9 Å². The van der Waals surface area contributed by atoms with Gasteiger partial charge < -0.3 is 9.47 Å². The van der Waals surface area contributed by atoms with E-state index in [1.54, 1.807) is 0 Å². The van der Waals surface area contributed by atoms with Gasteiger partial charge in [-0.25, -0.2) is 9.59 Å². The van der Waals surface area contributed by atoms with Gasteiger partial charge in [0.15, 0.2) is 0 Å². The molecule has 0 fully saturated rings. The third kappa shape index (κ3) is 10.6. The van der Waals surface area contributed by atoms with Crippen LogP contribution in [0.15, 0.2) is 0 Å². The number of rotatable bonds is 5. The highest BCUT2D eigenvalue weighted by molar-refractivity contribution is 5.88.